The summed E-state index contributed by atoms with van der Waals surface area (Å²) in [7, 11) is 0. The number of nitrogens with one attached hydrogen (secondary N) is 3. The predicted octanol–water partition coefficient (Wildman–Crippen LogP) is 1.46. The van der Waals surface area contributed by atoms with Crippen molar-refractivity contribution in [2.24, 2.45) is 0 Å². The molecule has 3 aromatic rings. The molecule has 0 unspecified atom stereocenters. The summed E-state index contributed by atoms with van der Waals surface area (Å²) < 4.78 is 0. The van der Waals surface area contributed by atoms with Crippen molar-refractivity contribution in [2.45, 2.75) is 0 Å². The monoisotopic (exact) mass is 158 g/mol. The number of rotatable bonds is 0. The van der Waals surface area contributed by atoms with E-state index >= 15 is 0 Å². The van der Waals surface area contributed by atoms with Crippen LogP contribution in [-0.2, 0) is 0 Å². The van der Waals surface area contributed by atoms with E-state index in [2.05, 4.69) is 33.4 Å². The maximum atomic E-state index is 3.17. The van der Waals surface area contributed by atoms with Crippen molar-refractivity contribution in [3.05, 3.63) is 30.6 Å². The van der Waals surface area contributed by atoms with Crippen molar-refractivity contribution in [3.8, 4) is 0 Å². The minimum absolute atomic E-state index is 1.13. The molecule has 0 aliphatic carbocycles. The molecule has 0 atom stereocenters. The molecule has 0 bridgehead atoms. The summed E-state index contributed by atoms with van der Waals surface area (Å²) >= 11 is 0. The highest BCUT2D eigenvalue weighted by Crippen LogP contribution is 2.17. The second kappa shape index (κ2) is 1.88. The Kier molecular flexibility index (Phi) is 0.913. The number of aromatic nitrogens is 3. The van der Waals surface area contributed by atoms with E-state index in [0.29, 0.717) is 0 Å². The first kappa shape index (κ1) is 5.83. The van der Waals surface area contributed by atoms with Crippen LogP contribution in [0, 0.1) is 0 Å². The Balaban J connectivity index is 2.62. The Bertz CT molecular complexity index is 442. The van der Waals surface area contributed by atoms with E-state index in [9.17, 15) is 0 Å². The molecule has 3 nitrogen and oxygen atoms in total. The van der Waals surface area contributed by atoms with E-state index < -0.39 is 0 Å². The molecule has 0 aliphatic heterocycles. The molecule has 3 heteroatoms. The van der Waals surface area contributed by atoms with Gasteiger partial charge in [0.1, 0.15) is 0 Å². The van der Waals surface area contributed by atoms with Crippen LogP contribution in [-0.4, -0.2) is 10.2 Å². The summed E-state index contributed by atoms with van der Waals surface area (Å²) in [6.45, 7) is 0. The topological polar surface area (TPSA) is 45.7 Å². The second-order valence-corrected chi connectivity index (χ2v) is 2.92. The summed E-state index contributed by atoms with van der Waals surface area (Å²) in [5.41, 5.74) is 2.29. The molecule has 3 N–H and O–H groups in total. The van der Waals surface area contributed by atoms with Crippen LogP contribution in [0.15, 0.2) is 30.6 Å². The molecule has 2 aromatic heterocycles. The van der Waals surface area contributed by atoms with Crippen LogP contribution in [0.3, 0.4) is 0 Å². The van der Waals surface area contributed by atoms with Gasteiger partial charge in [0, 0.05) is 23.7 Å². The third-order valence-electron chi connectivity index (χ3n) is 2.16. The Morgan fingerprint density at radius 1 is 1.17 bits per heavy atom. The number of hydrogen-bond donors (Lipinski definition) is 2. The fraction of sp³-hybridized carbons (Fsp3) is 0. The number of H-pyrrole nitrogens is 3. The van der Waals surface area contributed by atoms with Crippen molar-refractivity contribution >= 4 is 21.8 Å². The fourth-order valence-electron chi connectivity index (χ4n) is 1.54. The maximum Gasteiger partial charge on any atom is 0.213 e. The number of benzene rings is 1. The van der Waals surface area contributed by atoms with E-state index in [4.69, 9.17) is 0 Å². The zero-order valence-electron chi connectivity index (χ0n) is 6.39. The fourth-order valence-corrected chi connectivity index (χ4v) is 1.54. The molecule has 0 spiro atoms. The number of aromatic amines is 3. The summed E-state index contributed by atoms with van der Waals surface area (Å²) in [5.74, 6) is 0. The Hall–Kier alpha value is -1.77. The maximum absolute atomic E-state index is 3.17. The van der Waals surface area contributed by atoms with Crippen LogP contribution in [0.2, 0.25) is 0 Å². The summed E-state index contributed by atoms with van der Waals surface area (Å²) in [4.78, 5) is 3.17. The lowest BCUT2D eigenvalue weighted by molar-refractivity contribution is -0.341. The van der Waals surface area contributed by atoms with Crippen LogP contribution in [0.4, 0.5) is 0 Å². The highest BCUT2D eigenvalue weighted by molar-refractivity contribution is 5.92. The van der Waals surface area contributed by atoms with Gasteiger partial charge in [0.15, 0.2) is 6.20 Å². The lowest BCUT2D eigenvalue weighted by Gasteiger charge is -1.84. The lowest BCUT2D eigenvalue weighted by atomic mass is 10.2. The lowest BCUT2D eigenvalue weighted by Crippen LogP contribution is -1.93. The molecule has 0 saturated heterocycles. The van der Waals surface area contributed by atoms with Gasteiger partial charge in [-0.05, 0) is 6.07 Å². The SMILES string of the molecule is c1cc2cc3c[nH][nH]c3cc2[nH+]1. The van der Waals surface area contributed by atoms with Gasteiger partial charge in [0.2, 0.25) is 5.52 Å². The Morgan fingerprint density at radius 2 is 2.17 bits per heavy atom. The molecule has 0 saturated carbocycles. The first-order chi connectivity index (χ1) is 5.93. The van der Waals surface area contributed by atoms with Crippen LogP contribution < -0.4 is 4.98 Å². The zero-order valence-corrected chi connectivity index (χ0v) is 6.39. The van der Waals surface area contributed by atoms with E-state index in [-0.39, 0.29) is 0 Å². The van der Waals surface area contributed by atoms with Gasteiger partial charge >= 0.3 is 0 Å². The van der Waals surface area contributed by atoms with Crippen molar-refractivity contribution in [2.75, 3.05) is 0 Å². The van der Waals surface area contributed by atoms with Gasteiger partial charge < -0.3 is 10.2 Å². The molecular formula is C9H8N3+. The van der Waals surface area contributed by atoms with Crippen molar-refractivity contribution in [1.82, 2.24) is 10.2 Å². The average molecular weight is 158 g/mol. The van der Waals surface area contributed by atoms with Gasteiger partial charge in [-0.15, -0.1) is 0 Å². The van der Waals surface area contributed by atoms with Crippen molar-refractivity contribution in [1.29, 1.82) is 0 Å². The van der Waals surface area contributed by atoms with E-state index in [1.54, 1.807) is 0 Å². The third-order valence-corrected chi connectivity index (χ3v) is 2.16. The van der Waals surface area contributed by atoms with E-state index in [0.717, 1.165) is 5.52 Å². The van der Waals surface area contributed by atoms with Crippen molar-refractivity contribution in [3.63, 3.8) is 0 Å². The summed E-state index contributed by atoms with van der Waals surface area (Å²) in [5, 5.41) is 8.48. The van der Waals surface area contributed by atoms with E-state index in [1.165, 1.54) is 16.3 Å². The molecule has 0 aliphatic rings. The number of fused-ring (bicyclic) bond motifs is 2. The standard InChI is InChI=1S/C9H7N3/c1-2-10-8-4-9-7(3-6(1)8)5-11-12-9/h1-5,11-12H/p+1. The van der Waals surface area contributed by atoms with Gasteiger partial charge in [-0.3, -0.25) is 0 Å². The quantitative estimate of drug-likeness (QED) is 0.497. The molecule has 58 valence electrons. The summed E-state index contributed by atoms with van der Waals surface area (Å²) in [6, 6.07) is 6.32. The molecule has 2 heterocycles. The van der Waals surface area contributed by atoms with Gasteiger partial charge in [-0.1, -0.05) is 0 Å². The largest absolute Gasteiger partial charge is 0.307 e. The van der Waals surface area contributed by atoms with E-state index in [1.807, 2.05) is 12.4 Å². The average Bonchev–Trinajstić information content (AvgIpc) is 2.64. The van der Waals surface area contributed by atoms with Gasteiger partial charge in [0.05, 0.1) is 10.9 Å². The van der Waals surface area contributed by atoms with Crippen LogP contribution in [0.1, 0.15) is 0 Å². The minimum Gasteiger partial charge on any atom is -0.307 e. The van der Waals surface area contributed by atoms with Gasteiger partial charge in [-0.2, -0.15) is 0 Å². The first-order valence-corrected chi connectivity index (χ1v) is 3.89. The molecule has 12 heavy (non-hydrogen) atoms. The van der Waals surface area contributed by atoms with Gasteiger partial charge in [0.25, 0.3) is 0 Å². The summed E-state index contributed by atoms with van der Waals surface area (Å²) in [6.07, 6.45) is 3.91. The normalized spacial score (nSPS) is 11.3. The highest BCUT2D eigenvalue weighted by Gasteiger charge is 2.03. The molecule has 0 fully saturated rings. The third kappa shape index (κ3) is 0.625. The van der Waals surface area contributed by atoms with Gasteiger partial charge in [-0.25, -0.2) is 4.98 Å². The van der Waals surface area contributed by atoms with Crippen LogP contribution in [0.25, 0.3) is 21.8 Å². The molecule has 0 radical (unpaired) electrons. The molecule has 1 aromatic carbocycles. The smallest absolute Gasteiger partial charge is 0.213 e. The van der Waals surface area contributed by atoms with Crippen LogP contribution in [0.5, 0.6) is 0 Å². The highest BCUT2D eigenvalue weighted by atomic mass is 15.1. The Morgan fingerprint density at radius 3 is 3.17 bits per heavy atom. The van der Waals surface area contributed by atoms with Crippen LogP contribution >= 0.6 is 0 Å². The molecule has 0 amide bonds. The molecule has 3 rings (SSSR count). The van der Waals surface area contributed by atoms with Crippen molar-refractivity contribution < 1.29 is 4.98 Å². The zero-order chi connectivity index (χ0) is 7.97. The first-order valence-electron chi connectivity index (χ1n) is 3.89. The molecular weight excluding hydrogens is 150 g/mol. The minimum atomic E-state index is 1.13. The second-order valence-electron chi connectivity index (χ2n) is 2.92. The Labute approximate surface area is 68.4 Å². The predicted molar refractivity (Wildman–Crippen MR) is 46.7 cm³/mol. The number of hydrogen-bond acceptors (Lipinski definition) is 0.